The van der Waals surface area contributed by atoms with Gasteiger partial charge in [0.25, 0.3) is 0 Å². The molecular weight excluding hydrogens is 346 g/mol. The summed E-state index contributed by atoms with van der Waals surface area (Å²) in [5, 5.41) is 0. The molecule has 0 bridgehead atoms. The first-order valence-electron chi connectivity index (χ1n) is 10.1. The molecule has 0 saturated carbocycles. The number of hydrogen-bond donors (Lipinski definition) is 0. The standard InChI is InChI=1S/C24H31N3O/c1-4-26(18-20-10-12-23(13-11-20)25(2)3)19-24(28)27-16-14-22(15-17-27)21-8-6-5-7-9-21/h5-14H,4,15-19H2,1-3H3. The van der Waals surface area contributed by atoms with Crippen LogP contribution in [0, 0.1) is 0 Å². The summed E-state index contributed by atoms with van der Waals surface area (Å²) in [4.78, 5) is 19.1. The van der Waals surface area contributed by atoms with E-state index < -0.39 is 0 Å². The van der Waals surface area contributed by atoms with E-state index in [9.17, 15) is 4.79 Å². The molecule has 2 aromatic rings. The van der Waals surface area contributed by atoms with Crippen LogP contribution in [0.25, 0.3) is 5.57 Å². The van der Waals surface area contributed by atoms with Crippen LogP contribution in [-0.2, 0) is 11.3 Å². The van der Waals surface area contributed by atoms with Crippen molar-refractivity contribution in [3.8, 4) is 0 Å². The van der Waals surface area contributed by atoms with Crippen molar-refractivity contribution in [1.82, 2.24) is 9.80 Å². The van der Waals surface area contributed by atoms with Gasteiger partial charge in [0, 0.05) is 39.4 Å². The van der Waals surface area contributed by atoms with Crippen molar-refractivity contribution in [2.75, 3.05) is 45.2 Å². The molecule has 0 unspecified atom stereocenters. The van der Waals surface area contributed by atoms with Crippen molar-refractivity contribution in [3.05, 3.63) is 71.8 Å². The van der Waals surface area contributed by atoms with E-state index >= 15 is 0 Å². The van der Waals surface area contributed by atoms with Crippen molar-refractivity contribution in [2.24, 2.45) is 0 Å². The van der Waals surface area contributed by atoms with Crippen LogP contribution in [0.2, 0.25) is 0 Å². The van der Waals surface area contributed by atoms with Crippen LogP contribution in [0.5, 0.6) is 0 Å². The number of carbonyl (C=O) groups excluding carboxylic acids is 1. The number of nitrogens with zero attached hydrogens (tertiary/aromatic N) is 3. The van der Waals surface area contributed by atoms with Crippen LogP contribution < -0.4 is 4.90 Å². The molecule has 0 spiro atoms. The van der Waals surface area contributed by atoms with E-state index in [4.69, 9.17) is 0 Å². The summed E-state index contributed by atoms with van der Waals surface area (Å²) in [6.45, 7) is 5.76. The largest absolute Gasteiger partial charge is 0.378 e. The average Bonchev–Trinajstić information content (AvgIpc) is 2.74. The number of carbonyl (C=O) groups is 1. The summed E-state index contributed by atoms with van der Waals surface area (Å²) in [5.41, 5.74) is 5.05. The van der Waals surface area contributed by atoms with E-state index in [1.807, 2.05) is 25.1 Å². The molecular formula is C24H31N3O. The van der Waals surface area contributed by atoms with Gasteiger partial charge >= 0.3 is 0 Å². The maximum absolute atomic E-state index is 12.8. The number of hydrogen-bond acceptors (Lipinski definition) is 3. The molecule has 1 amide bonds. The third kappa shape index (κ3) is 5.23. The van der Waals surface area contributed by atoms with Crippen LogP contribution in [-0.4, -0.2) is 56.0 Å². The zero-order valence-electron chi connectivity index (χ0n) is 17.3. The molecule has 1 aliphatic heterocycles. The molecule has 0 aliphatic carbocycles. The normalized spacial score (nSPS) is 14.1. The summed E-state index contributed by atoms with van der Waals surface area (Å²) in [5.74, 6) is 0.218. The molecule has 1 aliphatic rings. The Morgan fingerprint density at radius 1 is 1.04 bits per heavy atom. The fourth-order valence-corrected chi connectivity index (χ4v) is 3.54. The molecule has 148 valence electrons. The lowest BCUT2D eigenvalue weighted by Gasteiger charge is -2.29. The van der Waals surface area contributed by atoms with Crippen molar-refractivity contribution < 1.29 is 4.79 Å². The van der Waals surface area contributed by atoms with Crippen LogP contribution >= 0.6 is 0 Å². The highest BCUT2D eigenvalue weighted by molar-refractivity contribution is 5.80. The molecule has 3 rings (SSSR count). The van der Waals surface area contributed by atoms with Gasteiger partial charge in [0.2, 0.25) is 5.91 Å². The molecule has 0 saturated heterocycles. The highest BCUT2D eigenvalue weighted by Crippen LogP contribution is 2.22. The van der Waals surface area contributed by atoms with E-state index in [0.29, 0.717) is 13.1 Å². The molecule has 0 N–H and O–H groups in total. The number of likely N-dealkylation sites (N-methyl/N-ethyl adjacent to an activating group) is 1. The molecule has 28 heavy (non-hydrogen) atoms. The minimum absolute atomic E-state index is 0.218. The van der Waals surface area contributed by atoms with Crippen LogP contribution in [0.15, 0.2) is 60.7 Å². The minimum atomic E-state index is 0.218. The number of benzene rings is 2. The Morgan fingerprint density at radius 2 is 1.75 bits per heavy atom. The zero-order chi connectivity index (χ0) is 19.9. The summed E-state index contributed by atoms with van der Waals surface area (Å²) in [6, 6.07) is 19.0. The van der Waals surface area contributed by atoms with Gasteiger partial charge < -0.3 is 9.80 Å². The quantitative estimate of drug-likeness (QED) is 0.732. The molecule has 0 radical (unpaired) electrons. The minimum Gasteiger partial charge on any atom is -0.378 e. The van der Waals surface area contributed by atoms with Crippen LogP contribution in [0.4, 0.5) is 5.69 Å². The Morgan fingerprint density at radius 3 is 2.32 bits per heavy atom. The summed E-state index contributed by atoms with van der Waals surface area (Å²) < 4.78 is 0. The Kier molecular flexibility index (Phi) is 6.88. The second kappa shape index (κ2) is 9.56. The molecule has 4 heteroatoms. The second-order valence-electron chi connectivity index (χ2n) is 7.55. The Balaban J connectivity index is 1.55. The first-order chi connectivity index (χ1) is 13.6. The molecule has 2 aromatic carbocycles. The predicted molar refractivity (Wildman–Crippen MR) is 117 cm³/mol. The van der Waals surface area contributed by atoms with E-state index in [-0.39, 0.29) is 5.91 Å². The van der Waals surface area contributed by atoms with Crippen LogP contribution in [0.1, 0.15) is 24.5 Å². The molecule has 0 fully saturated rings. The van der Waals surface area contributed by atoms with Gasteiger partial charge in [-0.05, 0) is 41.8 Å². The van der Waals surface area contributed by atoms with Crippen molar-refractivity contribution in [1.29, 1.82) is 0 Å². The monoisotopic (exact) mass is 377 g/mol. The molecule has 0 aromatic heterocycles. The first-order valence-corrected chi connectivity index (χ1v) is 10.1. The van der Waals surface area contributed by atoms with Crippen molar-refractivity contribution in [3.63, 3.8) is 0 Å². The highest BCUT2D eigenvalue weighted by atomic mass is 16.2. The lowest BCUT2D eigenvalue weighted by molar-refractivity contribution is -0.132. The van der Waals surface area contributed by atoms with Gasteiger partial charge in [-0.3, -0.25) is 9.69 Å². The predicted octanol–water partition coefficient (Wildman–Crippen LogP) is 3.89. The zero-order valence-corrected chi connectivity index (χ0v) is 17.3. The van der Waals surface area contributed by atoms with Gasteiger partial charge in [0.1, 0.15) is 0 Å². The second-order valence-corrected chi connectivity index (χ2v) is 7.55. The summed E-state index contributed by atoms with van der Waals surface area (Å²) in [6.07, 6.45) is 3.13. The highest BCUT2D eigenvalue weighted by Gasteiger charge is 2.20. The van der Waals surface area contributed by atoms with Gasteiger partial charge in [-0.25, -0.2) is 0 Å². The Hall–Kier alpha value is -2.59. The fourth-order valence-electron chi connectivity index (χ4n) is 3.54. The van der Waals surface area contributed by atoms with E-state index in [0.717, 1.165) is 26.1 Å². The maximum Gasteiger partial charge on any atom is 0.237 e. The SMILES string of the molecule is CCN(CC(=O)N1CC=C(c2ccccc2)CC1)Cc1ccc(N(C)C)cc1. The molecule has 1 heterocycles. The number of rotatable bonds is 7. The third-order valence-corrected chi connectivity index (χ3v) is 5.37. The third-order valence-electron chi connectivity index (χ3n) is 5.37. The van der Waals surface area contributed by atoms with Crippen molar-refractivity contribution in [2.45, 2.75) is 19.9 Å². The lowest BCUT2D eigenvalue weighted by atomic mass is 9.99. The maximum atomic E-state index is 12.8. The Bertz CT molecular complexity index is 796. The van der Waals surface area contributed by atoms with E-state index in [2.05, 4.69) is 71.3 Å². The van der Waals surface area contributed by atoms with Gasteiger partial charge in [-0.15, -0.1) is 0 Å². The van der Waals surface area contributed by atoms with Gasteiger partial charge in [0.15, 0.2) is 0 Å². The average molecular weight is 378 g/mol. The van der Waals surface area contributed by atoms with Crippen LogP contribution in [0.3, 0.4) is 0 Å². The van der Waals surface area contributed by atoms with E-state index in [1.54, 1.807) is 0 Å². The fraction of sp³-hybridized carbons (Fsp3) is 0.375. The van der Waals surface area contributed by atoms with Crippen molar-refractivity contribution >= 4 is 17.2 Å². The lowest BCUT2D eigenvalue weighted by Crippen LogP contribution is -2.42. The number of anilines is 1. The molecule has 0 atom stereocenters. The van der Waals surface area contributed by atoms with E-state index in [1.165, 1.54) is 22.4 Å². The topological polar surface area (TPSA) is 26.8 Å². The smallest absolute Gasteiger partial charge is 0.237 e. The van der Waals surface area contributed by atoms with Gasteiger partial charge in [-0.1, -0.05) is 55.5 Å². The number of amides is 1. The van der Waals surface area contributed by atoms with Gasteiger partial charge in [-0.2, -0.15) is 0 Å². The Labute approximate surface area is 169 Å². The summed E-state index contributed by atoms with van der Waals surface area (Å²) >= 11 is 0. The molecule has 4 nitrogen and oxygen atoms in total. The summed E-state index contributed by atoms with van der Waals surface area (Å²) in [7, 11) is 4.09. The van der Waals surface area contributed by atoms with Gasteiger partial charge in [0.05, 0.1) is 6.54 Å². The first kappa shape index (κ1) is 20.2.